The van der Waals surface area contributed by atoms with E-state index in [9.17, 15) is 9.59 Å². The number of halogens is 1. The second-order valence-electron chi connectivity index (χ2n) is 8.09. The van der Waals surface area contributed by atoms with Gasteiger partial charge >= 0.3 is 0 Å². The Kier molecular flexibility index (Phi) is 7.12. The van der Waals surface area contributed by atoms with Crippen molar-refractivity contribution in [3.63, 3.8) is 0 Å². The number of nitrogens with zero attached hydrogens (tertiary/aromatic N) is 3. The van der Waals surface area contributed by atoms with Gasteiger partial charge in [-0.3, -0.25) is 14.5 Å². The quantitative estimate of drug-likeness (QED) is 0.667. The highest BCUT2D eigenvalue weighted by Gasteiger charge is 2.30. The van der Waals surface area contributed by atoms with Crippen LogP contribution in [0.5, 0.6) is 5.75 Å². The van der Waals surface area contributed by atoms with E-state index in [1.54, 1.807) is 18.0 Å². The van der Waals surface area contributed by atoms with E-state index in [4.69, 9.17) is 16.3 Å². The molecule has 2 aromatic rings. The summed E-state index contributed by atoms with van der Waals surface area (Å²) in [5.41, 5.74) is 2.08. The van der Waals surface area contributed by atoms with Gasteiger partial charge in [-0.05, 0) is 29.3 Å². The standard InChI is InChI=1S/C25H28ClN3O3/c1-19(30)29-11-10-20-6-2-3-7-21(20)23(29)18-25(31)28-14-12-27(13-15-28)16-17-32-24-9-5-4-8-22(24)26/h2-11,23H,12-18H2,1H3. The van der Waals surface area contributed by atoms with Gasteiger partial charge in [0.15, 0.2) is 0 Å². The monoisotopic (exact) mass is 453 g/mol. The van der Waals surface area contributed by atoms with E-state index in [0.29, 0.717) is 30.5 Å². The van der Waals surface area contributed by atoms with Crippen molar-refractivity contribution >= 4 is 29.5 Å². The summed E-state index contributed by atoms with van der Waals surface area (Å²) in [6.07, 6.45) is 4.01. The van der Waals surface area contributed by atoms with Crippen LogP contribution in [0.4, 0.5) is 0 Å². The molecule has 1 fully saturated rings. The predicted molar refractivity (Wildman–Crippen MR) is 125 cm³/mol. The molecule has 2 aromatic carbocycles. The molecule has 7 heteroatoms. The molecule has 1 saturated heterocycles. The predicted octanol–water partition coefficient (Wildman–Crippen LogP) is 3.83. The summed E-state index contributed by atoms with van der Waals surface area (Å²) in [4.78, 5) is 31.1. The minimum atomic E-state index is -0.261. The second kappa shape index (κ2) is 10.2. The fourth-order valence-electron chi connectivity index (χ4n) is 4.28. The van der Waals surface area contributed by atoms with E-state index < -0.39 is 0 Å². The molecule has 1 unspecified atom stereocenters. The average Bonchev–Trinajstić information content (AvgIpc) is 2.80. The smallest absolute Gasteiger partial charge is 0.225 e. The molecule has 0 radical (unpaired) electrons. The van der Waals surface area contributed by atoms with Crippen molar-refractivity contribution in [2.75, 3.05) is 39.3 Å². The van der Waals surface area contributed by atoms with Gasteiger partial charge in [0.25, 0.3) is 0 Å². The number of piperazine rings is 1. The fourth-order valence-corrected chi connectivity index (χ4v) is 4.47. The number of benzene rings is 2. The summed E-state index contributed by atoms with van der Waals surface area (Å²) < 4.78 is 5.78. The third-order valence-corrected chi connectivity index (χ3v) is 6.38. The molecular formula is C25H28ClN3O3. The first-order valence-electron chi connectivity index (χ1n) is 11.0. The van der Waals surface area contributed by atoms with Crippen LogP contribution in [0.2, 0.25) is 5.02 Å². The van der Waals surface area contributed by atoms with Crippen LogP contribution in [0.15, 0.2) is 54.7 Å². The van der Waals surface area contributed by atoms with Gasteiger partial charge in [-0.1, -0.05) is 48.0 Å². The third-order valence-electron chi connectivity index (χ3n) is 6.06. The summed E-state index contributed by atoms with van der Waals surface area (Å²) in [7, 11) is 0. The highest BCUT2D eigenvalue weighted by molar-refractivity contribution is 6.32. The first-order chi connectivity index (χ1) is 15.5. The van der Waals surface area contributed by atoms with Crippen LogP contribution in [0.1, 0.15) is 30.5 Å². The number of carbonyl (C=O) groups is 2. The summed E-state index contributed by atoms with van der Waals surface area (Å²) in [5.74, 6) is 0.718. The Morgan fingerprint density at radius 3 is 2.50 bits per heavy atom. The maximum absolute atomic E-state index is 13.1. The van der Waals surface area contributed by atoms with Crippen LogP contribution in [-0.4, -0.2) is 65.8 Å². The number of para-hydroxylation sites is 1. The molecule has 0 N–H and O–H groups in total. The van der Waals surface area contributed by atoms with Gasteiger partial charge in [-0.2, -0.15) is 0 Å². The van der Waals surface area contributed by atoms with Crippen LogP contribution < -0.4 is 4.74 Å². The lowest BCUT2D eigenvalue weighted by molar-refractivity contribution is -0.136. The lowest BCUT2D eigenvalue weighted by Gasteiger charge is -2.37. The van der Waals surface area contributed by atoms with Crippen LogP contribution >= 0.6 is 11.6 Å². The molecule has 6 nitrogen and oxygen atoms in total. The second-order valence-corrected chi connectivity index (χ2v) is 8.50. The van der Waals surface area contributed by atoms with Gasteiger partial charge in [0, 0.05) is 45.8 Å². The van der Waals surface area contributed by atoms with E-state index in [0.717, 1.165) is 30.8 Å². The number of hydrogen-bond acceptors (Lipinski definition) is 4. The molecule has 32 heavy (non-hydrogen) atoms. The number of carbonyl (C=O) groups excluding carboxylic acids is 2. The maximum atomic E-state index is 13.1. The molecule has 2 amide bonds. The van der Waals surface area contributed by atoms with E-state index in [1.807, 2.05) is 59.5 Å². The minimum Gasteiger partial charge on any atom is -0.491 e. The lowest BCUT2D eigenvalue weighted by Crippen LogP contribution is -2.50. The molecule has 0 aliphatic carbocycles. The van der Waals surface area contributed by atoms with Gasteiger partial charge in [0.05, 0.1) is 17.5 Å². The molecule has 0 saturated carbocycles. The van der Waals surface area contributed by atoms with E-state index in [2.05, 4.69) is 4.90 Å². The molecule has 4 rings (SSSR count). The zero-order chi connectivity index (χ0) is 22.5. The van der Waals surface area contributed by atoms with E-state index in [1.165, 1.54) is 0 Å². The molecule has 0 bridgehead atoms. The maximum Gasteiger partial charge on any atom is 0.225 e. The van der Waals surface area contributed by atoms with Crippen LogP contribution in [0, 0.1) is 0 Å². The zero-order valence-electron chi connectivity index (χ0n) is 18.2. The first-order valence-corrected chi connectivity index (χ1v) is 11.3. The Morgan fingerprint density at radius 2 is 1.75 bits per heavy atom. The average molecular weight is 454 g/mol. The molecular weight excluding hydrogens is 426 g/mol. The fraction of sp³-hybridized carbons (Fsp3) is 0.360. The minimum absolute atomic E-state index is 0.0584. The SMILES string of the molecule is CC(=O)N1C=Cc2ccccc2C1CC(=O)N1CCN(CCOc2ccccc2Cl)CC1. The Labute approximate surface area is 194 Å². The summed E-state index contributed by atoms with van der Waals surface area (Å²) in [6.45, 7) is 5.83. The van der Waals surface area contributed by atoms with Crippen LogP contribution in [0.25, 0.3) is 6.08 Å². The lowest BCUT2D eigenvalue weighted by atomic mass is 9.93. The summed E-state index contributed by atoms with van der Waals surface area (Å²) in [6, 6.07) is 15.1. The van der Waals surface area contributed by atoms with Crippen molar-refractivity contribution in [2.45, 2.75) is 19.4 Å². The summed E-state index contributed by atoms with van der Waals surface area (Å²) in [5, 5.41) is 0.613. The Morgan fingerprint density at radius 1 is 1.03 bits per heavy atom. The number of ether oxygens (including phenoxy) is 1. The summed E-state index contributed by atoms with van der Waals surface area (Å²) >= 11 is 6.13. The van der Waals surface area contributed by atoms with Crippen molar-refractivity contribution in [3.05, 3.63) is 70.9 Å². The van der Waals surface area contributed by atoms with E-state index >= 15 is 0 Å². The van der Waals surface area contributed by atoms with Gasteiger partial charge < -0.3 is 14.5 Å². The van der Waals surface area contributed by atoms with Crippen molar-refractivity contribution in [1.82, 2.24) is 14.7 Å². The highest BCUT2D eigenvalue weighted by atomic mass is 35.5. The van der Waals surface area contributed by atoms with Crippen molar-refractivity contribution < 1.29 is 14.3 Å². The molecule has 2 heterocycles. The van der Waals surface area contributed by atoms with Crippen molar-refractivity contribution in [3.8, 4) is 5.75 Å². The Balaban J connectivity index is 1.29. The van der Waals surface area contributed by atoms with Gasteiger partial charge in [0.1, 0.15) is 12.4 Å². The zero-order valence-corrected chi connectivity index (χ0v) is 19.0. The largest absolute Gasteiger partial charge is 0.491 e. The van der Waals surface area contributed by atoms with Gasteiger partial charge in [-0.25, -0.2) is 0 Å². The number of amides is 2. The van der Waals surface area contributed by atoms with Crippen molar-refractivity contribution in [1.29, 1.82) is 0 Å². The Hall–Kier alpha value is -2.83. The topological polar surface area (TPSA) is 53.1 Å². The molecule has 0 spiro atoms. The first kappa shape index (κ1) is 22.4. The molecule has 2 aliphatic heterocycles. The molecule has 168 valence electrons. The van der Waals surface area contributed by atoms with Crippen LogP contribution in [0.3, 0.4) is 0 Å². The normalized spacial score (nSPS) is 18.4. The number of fused-ring (bicyclic) bond motifs is 1. The number of rotatable bonds is 6. The molecule has 1 atom stereocenters. The highest BCUT2D eigenvalue weighted by Crippen LogP contribution is 2.33. The van der Waals surface area contributed by atoms with Crippen LogP contribution in [-0.2, 0) is 9.59 Å². The van der Waals surface area contributed by atoms with Gasteiger partial charge in [0.2, 0.25) is 11.8 Å². The van der Waals surface area contributed by atoms with E-state index in [-0.39, 0.29) is 24.3 Å². The van der Waals surface area contributed by atoms with Gasteiger partial charge in [-0.15, -0.1) is 0 Å². The molecule has 2 aliphatic rings. The third kappa shape index (κ3) is 5.14. The number of hydrogen-bond donors (Lipinski definition) is 0. The molecule has 0 aromatic heterocycles. The van der Waals surface area contributed by atoms with Crippen molar-refractivity contribution in [2.24, 2.45) is 0 Å². The Bertz CT molecular complexity index is 1000.